The van der Waals surface area contributed by atoms with Crippen LogP contribution >= 0.6 is 0 Å². The van der Waals surface area contributed by atoms with E-state index in [9.17, 15) is 9.59 Å². The lowest BCUT2D eigenvalue weighted by Gasteiger charge is -2.10. The van der Waals surface area contributed by atoms with Gasteiger partial charge in [0.05, 0.1) is 23.3 Å². The van der Waals surface area contributed by atoms with Gasteiger partial charge in [-0.05, 0) is 29.8 Å². The molecule has 1 amide bonds. The van der Waals surface area contributed by atoms with Crippen LogP contribution in [0.3, 0.4) is 0 Å². The number of nitrogens with zero attached hydrogens (tertiary/aromatic N) is 3. The van der Waals surface area contributed by atoms with E-state index in [0.29, 0.717) is 23.0 Å². The summed E-state index contributed by atoms with van der Waals surface area (Å²) in [6, 6.07) is 16.2. The molecule has 0 spiro atoms. The fourth-order valence-electron chi connectivity index (χ4n) is 2.43. The zero-order valence-electron chi connectivity index (χ0n) is 12.8. The molecule has 2 aromatic carbocycles. The van der Waals surface area contributed by atoms with Crippen LogP contribution in [-0.4, -0.2) is 15.7 Å². The Balaban J connectivity index is 1.73. The first-order valence-electron chi connectivity index (χ1n) is 7.38. The van der Waals surface area contributed by atoms with E-state index in [1.165, 1.54) is 10.9 Å². The zero-order chi connectivity index (χ0) is 16.9. The van der Waals surface area contributed by atoms with E-state index in [-0.39, 0.29) is 17.9 Å². The number of carbonyl (C=O) groups excluding carboxylic acids is 1. The smallest absolute Gasteiger partial charge is 0.242 e. The van der Waals surface area contributed by atoms with E-state index >= 15 is 0 Å². The van der Waals surface area contributed by atoms with Gasteiger partial charge in [0.25, 0.3) is 0 Å². The molecule has 0 aliphatic carbocycles. The van der Waals surface area contributed by atoms with Crippen molar-refractivity contribution in [3.05, 3.63) is 76.1 Å². The molecule has 0 unspecified atom stereocenters. The van der Waals surface area contributed by atoms with Crippen molar-refractivity contribution < 1.29 is 4.79 Å². The van der Waals surface area contributed by atoms with Gasteiger partial charge >= 0.3 is 0 Å². The lowest BCUT2D eigenvalue weighted by atomic mass is 10.1. The third kappa shape index (κ3) is 3.31. The van der Waals surface area contributed by atoms with Crippen LogP contribution in [0.5, 0.6) is 0 Å². The molecule has 0 saturated heterocycles. The number of rotatable bonds is 4. The van der Waals surface area contributed by atoms with E-state index in [2.05, 4.69) is 16.5 Å². The largest absolute Gasteiger partial charge is 0.350 e. The van der Waals surface area contributed by atoms with Crippen LogP contribution in [0.15, 0.2) is 59.5 Å². The summed E-state index contributed by atoms with van der Waals surface area (Å²) in [5.41, 5.74) is 1.84. The summed E-state index contributed by atoms with van der Waals surface area (Å²) in [6.07, 6.45) is 1.21. The molecule has 1 heterocycles. The minimum absolute atomic E-state index is 0.0126. The summed E-state index contributed by atoms with van der Waals surface area (Å²) in [5, 5.41) is 16.2. The summed E-state index contributed by atoms with van der Waals surface area (Å²) in [6.45, 7) is 0.339. The topological polar surface area (TPSA) is 87.8 Å². The summed E-state index contributed by atoms with van der Waals surface area (Å²) in [5.74, 6) is -0.223. The maximum absolute atomic E-state index is 12.2. The lowest BCUT2D eigenvalue weighted by Crippen LogP contribution is -2.28. The Bertz CT molecular complexity index is 1000. The van der Waals surface area contributed by atoms with Crippen molar-refractivity contribution in [2.75, 3.05) is 0 Å². The number of nitrogens with one attached hydrogen (secondary N) is 1. The van der Waals surface area contributed by atoms with Gasteiger partial charge < -0.3 is 5.32 Å². The minimum atomic E-state index is -0.223. The normalized spacial score (nSPS) is 10.3. The quantitative estimate of drug-likeness (QED) is 0.791. The van der Waals surface area contributed by atoms with Crippen LogP contribution in [0.25, 0.3) is 10.9 Å². The van der Waals surface area contributed by atoms with Crippen molar-refractivity contribution in [3.63, 3.8) is 0 Å². The maximum Gasteiger partial charge on any atom is 0.242 e. The van der Waals surface area contributed by atoms with Crippen molar-refractivity contribution in [2.24, 2.45) is 0 Å². The summed E-state index contributed by atoms with van der Waals surface area (Å²) in [4.78, 5) is 23.9. The first-order valence-corrected chi connectivity index (χ1v) is 7.38. The molecule has 0 atom stereocenters. The highest BCUT2D eigenvalue weighted by molar-refractivity contribution is 5.81. The van der Waals surface area contributed by atoms with Crippen molar-refractivity contribution in [3.8, 4) is 6.07 Å². The predicted octanol–water partition coefficient (Wildman–Crippen LogP) is 1.58. The number of aromatic nitrogens is 2. The number of hydrogen-bond donors (Lipinski definition) is 1. The fraction of sp³-hybridized carbons (Fsp3) is 0.111. The van der Waals surface area contributed by atoms with Crippen LogP contribution < -0.4 is 10.7 Å². The van der Waals surface area contributed by atoms with Gasteiger partial charge in [0.2, 0.25) is 11.3 Å². The summed E-state index contributed by atoms with van der Waals surface area (Å²) in [7, 11) is 0. The van der Waals surface area contributed by atoms with Gasteiger partial charge in [-0.15, -0.1) is 0 Å². The maximum atomic E-state index is 12.2. The molecule has 0 radical (unpaired) electrons. The molecular formula is C18H14N4O2. The molecule has 1 aromatic heterocycles. The molecule has 0 bridgehead atoms. The molecule has 0 aliphatic rings. The number of para-hydroxylation sites is 1. The molecule has 0 aliphatic heterocycles. The highest BCUT2D eigenvalue weighted by Gasteiger charge is 2.08. The second kappa shape index (κ2) is 6.75. The van der Waals surface area contributed by atoms with Gasteiger partial charge in [0.15, 0.2) is 0 Å². The number of carbonyl (C=O) groups is 1. The molecule has 1 N–H and O–H groups in total. The Kier molecular flexibility index (Phi) is 4.34. The average Bonchev–Trinajstić information content (AvgIpc) is 2.63. The predicted molar refractivity (Wildman–Crippen MR) is 89.0 cm³/mol. The molecule has 3 rings (SSSR count). The SMILES string of the molecule is N#Cc1cccc(CNC(=O)Cn2ncc(=O)c3ccccc32)c1. The Labute approximate surface area is 138 Å². The van der Waals surface area contributed by atoms with Crippen molar-refractivity contribution in [1.29, 1.82) is 5.26 Å². The molecule has 6 nitrogen and oxygen atoms in total. The first-order chi connectivity index (χ1) is 11.7. The number of benzene rings is 2. The molecule has 0 fully saturated rings. The molecule has 3 aromatic rings. The van der Waals surface area contributed by atoms with Gasteiger partial charge in [0.1, 0.15) is 6.54 Å². The summed E-state index contributed by atoms with van der Waals surface area (Å²) < 4.78 is 1.50. The zero-order valence-corrected chi connectivity index (χ0v) is 12.8. The number of amides is 1. The fourth-order valence-corrected chi connectivity index (χ4v) is 2.43. The second-order valence-electron chi connectivity index (χ2n) is 5.27. The van der Waals surface area contributed by atoms with Gasteiger partial charge in [-0.2, -0.15) is 10.4 Å². The van der Waals surface area contributed by atoms with Gasteiger partial charge in [-0.25, -0.2) is 0 Å². The Morgan fingerprint density at radius 1 is 1.21 bits per heavy atom. The van der Waals surface area contributed by atoms with Crippen molar-refractivity contribution in [2.45, 2.75) is 13.1 Å². The average molecular weight is 318 g/mol. The van der Waals surface area contributed by atoms with Crippen molar-refractivity contribution >= 4 is 16.8 Å². The number of fused-ring (bicyclic) bond motifs is 1. The van der Waals surface area contributed by atoms with Gasteiger partial charge in [-0.3, -0.25) is 14.3 Å². The molecule has 24 heavy (non-hydrogen) atoms. The molecular weight excluding hydrogens is 304 g/mol. The standard InChI is InChI=1S/C18H14N4O2/c19-9-13-4-3-5-14(8-13)10-20-18(24)12-22-16-7-2-1-6-15(16)17(23)11-21-22/h1-8,11H,10,12H2,(H,20,24). The van der Waals surface area contributed by atoms with Crippen LogP contribution in [-0.2, 0) is 17.9 Å². The summed E-state index contributed by atoms with van der Waals surface area (Å²) >= 11 is 0. The molecule has 6 heteroatoms. The van der Waals surface area contributed by atoms with E-state index < -0.39 is 0 Å². The Hall–Kier alpha value is -3.46. The Morgan fingerprint density at radius 3 is 2.88 bits per heavy atom. The van der Waals surface area contributed by atoms with Crippen LogP contribution in [0.4, 0.5) is 0 Å². The number of nitriles is 1. The minimum Gasteiger partial charge on any atom is -0.350 e. The van der Waals surface area contributed by atoms with Crippen LogP contribution in [0.1, 0.15) is 11.1 Å². The highest BCUT2D eigenvalue weighted by Crippen LogP contribution is 2.08. The van der Waals surface area contributed by atoms with E-state index in [1.807, 2.05) is 6.07 Å². The second-order valence-corrected chi connectivity index (χ2v) is 5.27. The monoisotopic (exact) mass is 318 g/mol. The van der Waals surface area contributed by atoms with Crippen molar-refractivity contribution in [1.82, 2.24) is 15.1 Å². The van der Waals surface area contributed by atoms with Crippen LogP contribution in [0.2, 0.25) is 0 Å². The van der Waals surface area contributed by atoms with E-state index in [0.717, 1.165) is 5.56 Å². The van der Waals surface area contributed by atoms with E-state index in [1.54, 1.807) is 42.5 Å². The van der Waals surface area contributed by atoms with Gasteiger partial charge in [0, 0.05) is 11.9 Å². The highest BCUT2D eigenvalue weighted by atomic mass is 16.2. The molecule has 118 valence electrons. The lowest BCUT2D eigenvalue weighted by molar-refractivity contribution is -0.121. The van der Waals surface area contributed by atoms with E-state index in [4.69, 9.17) is 5.26 Å². The van der Waals surface area contributed by atoms with Crippen LogP contribution in [0, 0.1) is 11.3 Å². The number of hydrogen-bond acceptors (Lipinski definition) is 4. The Morgan fingerprint density at radius 2 is 2.04 bits per heavy atom. The third-order valence-corrected chi connectivity index (χ3v) is 3.60. The molecule has 0 saturated carbocycles. The third-order valence-electron chi connectivity index (χ3n) is 3.60. The first kappa shape index (κ1) is 15.4. The van der Waals surface area contributed by atoms with Gasteiger partial charge in [-0.1, -0.05) is 24.3 Å².